The van der Waals surface area contributed by atoms with Crippen molar-refractivity contribution in [2.75, 3.05) is 24.3 Å². The van der Waals surface area contributed by atoms with Gasteiger partial charge in [-0.1, -0.05) is 23.2 Å². The molecule has 0 aromatic heterocycles. The molecule has 0 radical (unpaired) electrons. The minimum absolute atomic E-state index is 0.0500. The summed E-state index contributed by atoms with van der Waals surface area (Å²) in [4.78, 5) is 12.0. The van der Waals surface area contributed by atoms with Crippen LogP contribution in [-0.4, -0.2) is 19.6 Å². The SMILES string of the molecule is COc1ccc(Cl)cc1NC(=O)CNc1ccc(Cl)cc1C(F)(F)F. The number of carbonyl (C=O) groups is 1. The molecule has 134 valence electrons. The average Bonchev–Trinajstić information content (AvgIpc) is 2.53. The smallest absolute Gasteiger partial charge is 0.418 e. The van der Waals surface area contributed by atoms with Gasteiger partial charge in [0.2, 0.25) is 5.91 Å². The van der Waals surface area contributed by atoms with Gasteiger partial charge in [-0.25, -0.2) is 0 Å². The van der Waals surface area contributed by atoms with Crippen molar-refractivity contribution in [1.82, 2.24) is 0 Å². The third-order valence-electron chi connectivity index (χ3n) is 3.16. The van der Waals surface area contributed by atoms with E-state index in [4.69, 9.17) is 27.9 Å². The van der Waals surface area contributed by atoms with Crippen molar-refractivity contribution in [2.45, 2.75) is 6.18 Å². The number of anilines is 2. The number of ether oxygens (including phenoxy) is 1. The lowest BCUT2D eigenvalue weighted by atomic mass is 10.1. The quantitative estimate of drug-likeness (QED) is 0.746. The normalized spacial score (nSPS) is 11.1. The van der Waals surface area contributed by atoms with Crippen LogP contribution in [0.15, 0.2) is 36.4 Å². The molecule has 0 aliphatic carbocycles. The summed E-state index contributed by atoms with van der Waals surface area (Å²) in [5.74, 6) is -0.191. The van der Waals surface area contributed by atoms with Gasteiger partial charge >= 0.3 is 6.18 Å². The van der Waals surface area contributed by atoms with E-state index in [2.05, 4.69) is 10.6 Å². The zero-order chi connectivity index (χ0) is 18.6. The van der Waals surface area contributed by atoms with E-state index in [1.54, 1.807) is 12.1 Å². The van der Waals surface area contributed by atoms with Crippen LogP contribution in [0.5, 0.6) is 5.75 Å². The second-order valence-electron chi connectivity index (χ2n) is 4.93. The van der Waals surface area contributed by atoms with Crippen molar-refractivity contribution in [3.8, 4) is 5.75 Å². The Morgan fingerprint density at radius 1 is 1.08 bits per heavy atom. The van der Waals surface area contributed by atoms with Crippen LogP contribution < -0.4 is 15.4 Å². The maximum Gasteiger partial charge on any atom is 0.418 e. The van der Waals surface area contributed by atoms with Crippen molar-refractivity contribution in [2.24, 2.45) is 0 Å². The Labute approximate surface area is 151 Å². The van der Waals surface area contributed by atoms with Gasteiger partial charge in [-0.15, -0.1) is 0 Å². The third-order valence-corrected chi connectivity index (χ3v) is 3.63. The Morgan fingerprint density at radius 2 is 1.72 bits per heavy atom. The molecule has 0 spiro atoms. The van der Waals surface area contributed by atoms with Crippen LogP contribution in [0.4, 0.5) is 24.5 Å². The van der Waals surface area contributed by atoms with E-state index in [9.17, 15) is 18.0 Å². The first-order valence-electron chi connectivity index (χ1n) is 6.94. The molecule has 0 atom stereocenters. The molecule has 2 aromatic rings. The molecule has 0 aliphatic rings. The highest BCUT2D eigenvalue weighted by atomic mass is 35.5. The number of hydrogen-bond acceptors (Lipinski definition) is 3. The highest BCUT2D eigenvalue weighted by Crippen LogP contribution is 2.36. The molecule has 0 heterocycles. The van der Waals surface area contributed by atoms with E-state index >= 15 is 0 Å². The van der Waals surface area contributed by atoms with Gasteiger partial charge in [0.1, 0.15) is 5.75 Å². The lowest BCUT2D eigenvalue weighted by Gasteiger charge is -2.15. The predicted octanol–water partition coefficient (Wildman–Crippen LogP) is 5.07. The molecule has 1 amide bonds. The summed E-state index contributed by atoms with van der Waals surface area (Å²) in [6.45, 7) is -0.389. The molecule has 0 bridgehead atoms. The van der Waals surface area contributed by atoms with Gasteiger partial charge in [-0.2, -0.15) is 13.2 Å². The van der Waals surface area contributed by atoms with Crippen LogP contribution in [0, 0.1) is 0 Å². The molecule has 0 unspecified atom stereocenters. The standard InChI is InChI=1S/C16H13Cl2F3N2O2/c1-25-14-5-3-10(18)7-13(14)23-15(24)8-22-12-4-2-9(17)6-11(12)16(19,20)21/h2-7,22H,8H2,1H3,(H,23,24). The zero-order valence-electron chi connectivity index (χ0n) is 12.9. The Morgan fingerprint density at radius 3 is 2.36 bits per heavy atom. The number of carbonyl (C=O) groups excluding carboxylic acids is 1. The monoisotopic (exact) mass is 392 g/mol. The predicted molar refractivity (Wildman–Crippen MR) is 91.6 cm³/mol. The van der Waals surface area contributed by atoms with Crippen molar-refractivity contribution >= 4 is 40.5 Å². The summed E-state index contributed by atoms with van der Waals surface area (Å²) in [5, 5.41) is 5.30. The second-order valence-corrected chi connectivity index (χ2v) is 5.81. The molecule has 9 heteroatoms. The first-order valence-corrected chi connectivity index (χ1v) is 7.70. The molecular formula is C16H13Cl2F3N2O2. The topological polar surface area (TPSA) is 50.4 Å². The average molecular weight is 393 g/mol. The Hall–Kier alpha value is -2.12. The number of amides is 1. The first kappa shape index (κ1) is 19.2. The number of alkyl halides is 3. The lowest BCUT2D eigenvalue weighted by Crippen LogP contribution is -2.23. The fourth-order valence-corrected chi connectivity index (χ4v) is 2.40. The van der Waals surface area contributed by atoms with E-state index in [1.165, 1.54) is 25.3 Å². The Balaban J connectivity index is 2.10. The molecule has 25 heavy (non-hydrogen) atoms. The largest absolute Gasteiger partial charge is 0.495 e. The maximum absolute atomic E-state index is 13.0. The highest BCUT2D eigenvalue weighted by Gasteiger charge is 2.33. The molecule has 2 rings (SSSR count). The summed E-state index contributed by atoms with van der Waals surface area (Å²) in [5.41, 5.74) is -0.882. The zero-order valence-corrected chi connectivity index (χ0v) is 14.4. The fourth-order valence-electron chi connectivity index (χ4n) is 2.05. The van der Waals surface area contributed by atoms with E-state index in [-0.39, 0.29) is 17.3 Å². The number of hydrogen-bond donors (Lipinski definition) is 2. The summed E-state index contributed by atoms with van der Waals surface area (Å²) in [7, 11) is 1.42. The molecule has 0 fully saturated rings. The van der Waals surface area contributed by atoms with E-state index in [0.717, 1.165) is 6.07 Å². The minimum atomic E-state index is -4.60. The van der Waals surface area contributed by atoms with Crippen LogP contribution >= 0.6 is 23.2 Å². The number of benzene rings is 2. The van der Waals surface area contributed by atoms with Crippen molar-refractivity contribution in [3.63, 3.8) is 0 Å². The molecule has 0 saturated carbocycles. The van der Waals surface area contributed by atoms with E-state index < -0.39 is 17.6 Å². The van der Waals surface area contributed by atoms with Crippen LogP contribution in [0.25, 0.3) is 0 Å². The van der Waals surface area contributed by atoms with Gasteiger partial charge in [0.25, 0.3) is 0 Å². The summed E-state index contributed by atoms with van der Waals surface area (Å²) < 4.78 is 44.1. The van der Waals surface area contributed by atoms with Crippen LogP contribution in [0.1, 0.15) is 5.56 Å². The van der Waals surface area contributed by atoms with Crippen LogP contribution in [0.3, 0.4) is 0 Å². The highest BCUT2D eigenvalue weighted by molar-refractivity contribution is 6.31. The summed E-state index contributed by atoms with van der Waals surface area (Å²) >= 11 is 11.5. The number of rotatable bonds is 5. The Bertz CT molecular complexity index is 782. The van der Waals surface area contributed by atoms with E-state index in [1.807, 2.05) is 0 Å². The van der Waals surface area contributed by atoms with Gasteiger partial charge in [-0.3, -0.25) is 4.79 Å². The van der Waals surface area contributed by atoms with Gasteiger partial charge in [-0.05, 0) is 36.4 Å². The molecule has 0 saturated heterocycles. The molecular weight excluding hydrogens is 380 g/mol. The number of halogens is 5. The van der Waals surface area contributed by atoms with Crippen molar-refractivity contribution in [3.05, 3.63) is 52.0 Å². The van der Waals surface area contributed by atoms with E-state index in [0.29, 0.717) is 16.5 Å². The van der Waals surface area contributed by atoms with Crippen molar-refractivity contribution < 1.29 is 22.7 Å². The summed E-state index contributed by atoms with van der Waals surface area (Å²) in [6, 6.07) is 7.88. The molecule has 4 nitrogen and oxygen atoms in total. The first-order chi connectivity index (χ1) is 11.7. The minimum Gasteiger partial charge on any atom is -0.495 e. The summed E-state index contributed by atoms with van der Waals surface area (Å²) in [6.07, 6.45) is -4.60. The van der Waals surface area contributed by atoms with Gasteiger partial charge < -0.3 is 15.4 Å². The third kappa shape index (κ3) is 5.17. The molecule has 0 aliphatic heterocycles. The lowest BCUT2D eigenvalue weighted by molar-refractivity contribution is -0.137. The fraction of sp³-hybridized carbons (Fsp3) is 0.188. The van der Waals surface area contributed by atoms with Crippen LogP contribution in [-0.2, 0) is 11.0 Å². The number of methoxy groups -OCH3 is 1. The van der Waals surface area contributed by atoms with Crippen molar-refractivity contribution in [1.29, 1.82) is 0 Å². The molecule has 2 N–H and O–H groups in total. The van der Waals surface area contributed by atoms with Gasteiger partial charge in [0.15, 0.2) is 0 Å². The number of nitrogens with one attached hydrogen (secondary N) is 2. The maximum atomic E-state index is 13.0. The van der Waals surface area contributed by atoms with Gasteiger partial charge in [0.05, 0.1) is 24.9 Å². The molecule has 2 aromatic carbocycles. The van der Waals surface area contributed by atoms with Crippen LogP contribution in [0.2, 0.25) is 10.0 Å². The Kier molecular flexibility index (Phi) is 6.02. The second kappa shape index (κ2) is 7.84. The van der Waals surface area contributed by atoms with Gasteiger partial charge in [0, 0.05) is 15.7 Å².